The Morgan fingerprint density at radius 3 is 2.68 bits per heavy atom. The van der Waals surface area contributed by atoms with Gasteiger partial charge < -0.3 is 15.0 Å². The summed E-state index contributed by atoms with van der Waals surface area (Å²) in [5.74, 6) is 1.70. The number of methoxy groups -OCH3 is 1. The van der Waals surface area contributed by atoms with Gasteiger partial charge in [0.2, 0.25) is 17.6 Å². The van der Waals surface area contributed by atoms with Crippen LogP contribution in [0, 0.1) is 5.92 Å². The van der Waals surface area contributed by atoms with E-state index in [1.165, 1.54) is 7.11 Å². The Kier molecular flexibility index (Phi) is 4.06. The van der Waals surface area contributed by atoms with E-state index in [4.69, 9.17) is 15.0 Å². The molecule has 0 saturated carbocycles. The normalized spacial score (nSPS) is 12.7. The summed E-state index contributed by atoms with van der Waals surface area (Å²) in [5, 5.41) is 11.7. The number of nitrogens with two attached hydrogens (primary N) is 1. The fraction of sp³-hybridized carbons (Fsp3) is 0.500. The van der Waals surface area contributed by atoms with Gasteiger partial charge in [0.25, 0.3) is 0 Å². The van der Waals surface area contributed by atoms with Crippen LogP contribution >= 0.6 is 0 Å². The van der Waals surface area contributed by atoms with Crippen LogP contribution in [0.15, 0.2) is 16.7 Å². The quantitative estimate of drug-likeness (QED) is 0.873. The highest BCUT2D eigenvalue weighted by molar-refractivity contribution is 5.47. The van der Waals surface area contributed by atoms with E-state index in [1.54, 1.807) is 12.1 Å². The standard InChI is InChI=1S/C12H17N5O2/c1-7(2)6-8(13)12-14-11(17-19-12)9-4-5-10(18-3)16-15-9/h4-5,7-8H,6,13H2,1-3H3. The van der Waals surface area contributed by atoms with Crippen molar-refractivity contribution in [3.8, 4) is 17.4 Å². The van der Waals surface area contributed by atoms with Crippen LogP contribution in [0.5, 0.6) is 5.88 Å². The Labute approximate surface area is 111 Å². The largest absolute Gasteiger partial charge is 0.480 e. The minimum Gasteiger partial charge on any atom is -0.480 e. The maximum atomic E-state index is 5.98. The molecule has 19 heavy (non-hydrogen) atoms. The molecular weight excluding hydrogens is 246 g/mol. The van der Waals surface area contributed by atoms with Crippen molar-refractivity contribution in [3.63, 3.8) is 0 Å². The molecule has 0 amide bonds. The predicted molar refractivity (Wildman–Crippen MR) is 68.3 cm³/mol. The van der Waals surface area contributed by atoms with Gasteiger partial charge in [-0.3, -0.25) is 0 Å². The Hall–Kier alpha value is -2.02. The van der Waals surface area contributed by atoms with Gasteiger partial charge in [0, 0.05) is 6.07 Å². The fourth-order valence-corrected chi connectivity index (χ4v) is 1.65. The lowest BCUT2D eigenvalue weighted by atomic mass is 10.0. The van der Waals surface area contributed by atoms with Crippen molar-refractivity contribution in [1.29, 1.82) is 0 Å². The molecule has 0 spiro atoms. The van der Waals surface area contributed by atoms with Crippen LogP contribution in [0.1, 0.15) is 32.2 Å². The predicted octanol–water partition coefficient (Wildman–Crippen LogP) is 1.58. The van der Waals surface area contributed by atoms with E-state index >= 15 is 0 Å². The summed E-state index contributed by atoms with van der Waals surface area (Å²) in [6.45, 7) is 4.18. The van der Waals surface area contributed by atoms with Gasteiger partial charge in [0.15, 0.2) is 0 Å². The number of aromatic nitrogens is 4. The summed E-state index contributed by atoms with van der Waals surface area (Å²) in [4.78, 5) is 4.24. The number of hydrogen-bond donors (Lipinski definition) is 1. The first kappa shape index (κ1) is 13.4. The topological polar surface area (TPSA) is 100.0 Å². The molecule has 0 aromatic carbocycles. The zero-order valence-corrected chi connectivity index (χ0v) is 11.2. The summed E-state index contributed by atoms with van der Waals surface area (Å²) < 4.78 is 10.1. The monoisotopic (exact) mass is 263 g/mol. The molecular formula is C12H17N5O2. The molecule has 0 aliphatic carbocycles. The minimum absolute atomic E-state index is 0.257. The third-order valence-corrected chi connectivity index (χ3v) is 2.56. The van der Waals surface area contributed by atoms with E-state index in [0.717, 1.165) is 6.42 Å². The molecule has 0 saturated heterocycles. The van der Waals surface area contributed by atoms with Crippen LogP contribution in [0.4, 0.5) is 0 Å². The van der Waals surface area contributed by atoms with E-state index in [2.05, 4.69) is 34.2 Å². The maximum absolute atomic E-state index is 5.98. The number of ether oxygens (including phenoxy) is 1. The number of nitrogens with zero attached hydrogens (tertiary/aromatic N) is 4. The van der Waals surface area contributed by atoms with Gasteiger partial charge in [-0.1, -0.05) is 19.0 Å². The lowest BCUT2D eigenvalue weighted by molar-refractivity contribution is 0.335. The van der Waals surface area contributed by atoms with E-state index in [-0.39, 0.29) is 6.04 Å². The van der Waals surface area contributed by atoms with Crippen molar-refractivity contribution in [1.82, 2.24) is 20.3 Å². The van der Waals surface area contributed by atoms with E-state index < -0.39 is 0 Å². The minimum atomic E-state index is -0.257. The summed E-state index contributed by atoms with van der Waals surface area (Å²) in [6.07, 6.45) is 0.788. The van der Waals surface area contributed by atoms with Crippen molar-refractivity contribution < 1.29 is 9.26 Å². The van der Waals surface area contributed by atoms with E-state index in [1.807, 2.05) is 0 Å². The van der Waals surface area contributed by atoms with Gasteiger partial charge >= 0.3 is 0 Å². The molecule has 2 aromatic rings. The highest BCUT2D eigenvalue weighted by atomic mass is 16.5. The van der Waals surface area contributed by atoms with Gasteiger partial charge in [-0.05, 0) is 18.4 Å². The lowest BCUT2D eigenvalue weighted by Gasteiger charge is -2.08. The molecule has 0 aliphatic rings. The van der Waals surface area contributed by atoms with Crippen LogP contribution in [-0.4, -0.2) is 27.4 Å². The Bertz CT molecular complexity index is 523. The van der Waals surface area contributed by atoms with Gasteiger partial charge in [-0.25, -0.2) is 0 Å². The SMILES string of the molecule is COc1ccc(-c2noc(C(N)CC(C)C)n2)nn1. The highest BCUT2D eigenvalue weighted by Crippen LogP contribution is 2.20. The molecule has 7 nitrogen and oxygen atoms in total. The first-order chi connectivity index (χ1) is 9.10. The van der Waals surface area contributed by atoms with Crippen LogP contribution < -0.4 is 10.5 Å². The second-order valence-corrected chi connectivity index (χ2v) is 4.65. The smallest absolute Gasteiger partial charge is 0.243 e. The summed E-state index contributed by atoms with van der Waals surface area (Å²) in [7, 11) is 1.53. The molecule has 2 aromatic heterocycles. The van der Waals surface area contributed by atoms with Crippen molar-refractivity contribution >= 4 is 0 Å². The van der Waals surface area contributed by atoms with Gasteiger partial charge in [-0.15, -0.1) is 10.2 Å². The maximum Gasteiger partial charge on any atom is 0.243 e. The Morgan fingerprint density at radius 1 is 1.32 bits per heavy atom. The molecule has 0 aliphatic heterocycles. The first-order valence-electron chi connectivity index (χ1n) is 6.07. The Morgan fingerprint density at radius 2 is 2.11 bits per heavy atom. The lowest BCUT2D eigenvalue weighted by Crippen LogP contribution is -2.13. The fourth-order valence-electron chi connectivity index (χ4n) is 1.65. The van der Waals surface area contributed by atoms with Gasteiger partial charge in [0.05, 0.1) is 13.2 Å². The van der Waals surface area contributed by atoms with E-state index in [9.17, 15) is 0 Å². The van der Waals surface area contributed by atoms with Crippen LogP contribution in [0.3, 0.4) is 0 Å². The first-order valence-corrected chi connectivity index (χ1v) is 6.07. The summed E-state index contributed by atoms with van der Waals surface area (Å²) in [6, 6.07) is 3.15. The average molecular weight is 263 g/mol. The second-order valence-electron chi connectivity index (χ2n) is 4.65. The van der Waals surface area contributed by atoms with Crippen molar-refractivity contribution in [2.24, 2.45) is 11.7 Å². The molecule has 0 fully saturated rings. The molecule has 1 unspecified atom stereocenters. The average Bonchev–Trinajstić information content (AvgIpc) is 2.88. The molecule has 1 atom stereocenters. The van der Waals surface area contributed by atoms with Crippen LogP contribution in [0.2, 0.25) is 0 Å². The third-order valence-electron chi connectivity index (χ3n) is 2.56. The molecule has 2 N–H and O–H groups in total. The zero-order chi connectivity index (χ0) is 13.8. The Balaban J connectivity index is 2.15. The van der Waals surface area contributed by atoms with Crippen molar-refractivity contribution in [2.75, 3.05) is 7.11 Å². The molecule has 102 valence electrons. The van der Waals surface area contributed by atoms with Crippen molar-refractivity contribution in [2.45, 2.75) is 26.3 Å². The van der Waals surface area contributed by atoms with Gasteiger partial charge in [-0.2, -0.15) is 4.98 Å². The summed E-state index contributed by atoms with van der Waals surface area (Å²) >= 11 is 0. The van der Waals surface area contributed by atoms with Gasteiger partial charge in [0.1, 0.15) is 5.69 Å². The third kappa shape index (κ3) is 3.25. The zero-order valence-electron chi connectivity index (χ0n) is 11.2. The van der Waals surface area contributed by atoms with Crippen LogP contribution in [-0.2, 0) is 0 Å². The number of rotatable bonds is 5. The molecule has 0 radical (unpaired) electrons. The molecule has 7 heteroatoms. The second kappa shape index (κ2) is 5.75. The molecule has 2 heterocycles. The molecule has 2 rings (SSSR count). The number of hydrogen-bond acceptors (Lipinski definition) is 7. The summed E-state index contributed by atoms with van der Waals surface area (Å²) in [5.41, 5.74) is 6.50. The van der Waals surface area contributed by atoms with Crippen LogP contribution in [0.25, 0.3) is 11.5 Å². The highest BCUT2D eigenvalue weighted by Gasteiger charge is 2.17. The molecule has 0 bridgehead atoms. The van der Waals surface area contributed by atoms with Crippen molar-refractivity contribution in [3.05, 3.63) is 18.0 Å². The van der Waals surface area contributed by atoms with E-state index in [0.29, 0.717) is 29.2 Å².